The molecule has 0 bridgehead atoms. The van der Waals surface area contributed by atoms with E-state index in [1.54, 1.807) is 33.6 Å². The number of methoxy groups -OCH3 is 3. The number of aromatic nitrogens is 2. The lowest BCUT2D eigenvalue weighted by atomic mass is 10.0. The van der Waals surface area contributed by atoms with Crippen LogP contribution in [0.15, 0.2) is 55.0 Å². The van der Waals surface area contributed by atoms with E-state index in [9.17, 15) is 4.79 Å². The van der Waals surface area contributed by atoms with Gasteiger partial charge in [-0.1, -0.05) is 6.07 Å². The molecule has 0 spiro atoms. The molecular weight excluding hydrogens is 422 g/mol. The Hall–Kier alpha value is -3.65. The van der Waals surface area contributed by atoms with Gasteiger partial charge in [-0.05, 0) is 55.2 Å². The van der Waals surface area contributed by atoms with Gasteiger partial charge in [-0.2, -0.15) is 0 Å². The van der Waals surface area contributed by atoms with Gasteiger partial charge in [0.15, 0.2) is 5.82 Å². The summed E-state index contributed by atoms with van der Waals surface area (Å²) in [5.41, 5.74) is 2.47. The van der Waals surface area contributed by atoms with E-state index in [-0.39, 0.29) is 12.0 Å². The standard InChI is InChI=1S/C25H29N3O5/c1-17(16-30-2)33-22-12-18(5-6-19-7-8-21(31-3)14-23(19)32-4)11-20(13-22)25(29)28-24-15-26-9-10-27-24/h7-15,17H,5-6,16H2,1-4H3,(H,27,28,29)/t17-/m0/s1. The normalized spacial score (nSPS) is 11.5. The Morgan fingerprint density at radius 2 is 1.85 bits per heavy atom. The van der Waals surface area contributed by atoms with Gasteiger partial charge in [0.2, 0.25) is 0 Å². The third-order valence-electron chi connectivity index (χ3n) is 4.95. The van der Waals surface area contributed by atoms with Crippen molar-refractivity contribution < 1.29 is 23.7 Å². The molecule has 0 fully saturated rings. The van der Waals surface area contributed by atoms with E-state index in [2.05, 4.69) is 15.3 Å². The molecule has 1 aromatic heterocycles. The molecule has 2 aromatic carbocycles. The average Bonchev–Trinajstić information content (AvgIpc) is 2.83. The van der Waals surface area contributed by atoms with Gasteiger partial charge in [0.05, 0.1) is 27.0 Å². The highest BCUT2D eigenvalue weighted by Crippen LogP contribution is 2.27. The molecule has 8 nitrogen and oxygen atoms in total. The summed E-state index contributed by atoms with van der Waals surface area (Å²) < 4.78 is 21.9. The number of anilines is 1. The number of nitrogens with zero attached hydrogens (tertiary/aromatic N) is 2. The highest BCUT2D eigenvalue weighted by atomic mass is 16.5. The zero-order valence-corrected chi connectivity index (χ0v) is 19.3. The molecule has 1 heterocycles. The molecule has 1 atom stereocenters. The Morgan fingerprint density at radius 3 is 2.55 bits per heavy atom. The number of carbonyl (C=O) groups is 1. The van der Waals surface area contributed by atoms with Crippen molar-refractivity contribution in [2.75, 3.05) is 33.3 Å². The highest BCUT2D eigenvalue weighted by Gasteiger charge is 2.14. The molecular formula is C25H29N3O5. The SMILES string of the molecule is COC[C@H](C)Oc1cc(CCc2ccc(OC)cc2OC)cc(C(=O)Nc2cnccn2)c1. The zero-order valence-electron chi connectivity index (χ0n) is 19.3. The van der Waals surface area contributed by atoms with E-state index in [0.29, 0.717) is 30.2 Å². The van der Waals surface area contributed by atoms with Crippen LogP contribution in [-0.2, 0) is 17.6 Å². The van der Waals surface area contributed by atoms with Crippen molar-refractivity contribution in [3.8, 4) is 17.2 Å². The van der Waals surface area contributed by atoms with Crippen molar-refractivity contribution in [2.45, 2.75) is 25.9 Å². The van der Waals surface area contributed by atoms with E-state index in [1.807, 2.05) is 37.3 Å². The molecule has 0 saturated heterocycles. The van der Waals surface area contributed by atoms with Crippen molar-refractivity contribution in [3.63, 3.8) is 0 Å². The highest BCUT2D eigenvalue weighted by molar-refractivity contribution is 6.04. The van der Waals surface area contributed by atoms with E-state index in [1.165, 1.54) is 12.4 Å². The number of aryl methyl sites for hydroxylation is 2. The van der Waals surface area contributed by atoms with Crippen LogP contribution in [0.5, 0.6) is 17.2 Å². The minimum absolute atomic E-state index is 0.164. The number of hydrogen-bond donors (Lipinski definition) is 1. The second kappa shape index (κ2) is 11.8. The van der Waals surface area contributed by atoms with Crippen LogP contribution >= 0.6 is 0 Å². The zero-order chi connectivity index (χ0) is 23.6. The average molecular weight is 452 g/mol. The molecule has 174 valence electrons. The maximum atomic E-state index is 12.9. The van der Waals surface area contributed by atoms with E-state index in [4.69, 9.17) is 18.9 Å². The summed E-state index contributed by atoms with van der Waals surface area (Å²) in [6.45, 7) is 2.35. The first-order chi connectivity index (χ1) is 16.0. The molecule has 0 aliphatic carbocycles. The molecule has 3 aromatic rings. The number of benzene rings is 2. The number of carbonyl (C=O) groups excluding carboxylic acids is 1. The van der Waals surface area contributed by atoms with Gasteiger partial charge in [0, 0.05) is 31.1 Å². The van der Waals surface area contributed by atoms with Crippen LogP contribution in [0.25, 0.3) is 0 Å². The Balaban J connectivity index is 1.83. The van der Waals surface area contributed by atoms with Crippen LogP contribution in [0.2, 0.25) is 0 Å². The fraction of sp³-hybridized carbons (Fsp3) is 0.320. The van der Waals surface area contributed by atoms with Gasteiger partial charge in [0.1, 0.15) is 23.4 Å². The molecule has 3 rings (SSSR count). The minimum Gasteiger partial charge on any atom is -0.497 e. The predicted molar refractivity (Wildman–Crippen MR) is 125 cm³/mol. The van der Waals surface area contributed by atoms with Crippen molar-refractivity contribution in [1.29, 1.82) is 0 Å². The Labute approximate surface area is 193 Å². The second-order valence-electron chi connectivity index (χ2n) is 7.47. The number of ether oxygens (including phenoxy) is 4. The molecule has 1 N–H and O–H groups in total. The molecule has 8 heteroatoms. The molecule has 0 saturated carbocycles. The van der Waals surface area contributed by atoms with Gasteiger partial charge in [-0.15, -0.1) is 0 Å². The number of hydrogen-bond acceptors (Lipinski definition) is 7. The fourth-order valence-corrected chi connectivity index (χ4v) is 3.39. The summed E-state index contributed by atoms with van der Waals surface area (Å²) in [4.78, 5) is 21.0. The quantitative estimate of drug-likeness (QED) is 0.472. The number of nitrogens with one attached hydrogen (secondary N) is 1. The van der Waals surface area contributed by atoms with Crippen molar-refractivity contribution >= 4 is 11.7 Å². The van der Waals surface area contributed by atoms with E-state index < -0.39 is 0 Å². The summed E-state index contributed by atoms with van der Waals surface area (Å²) in [6, 6.07) is 11.3. The Kier molecular flexibility index (Phi) is 8.60. The van der Waals surface area contributed by atoms with Crippen molar-refractivity contribution in [2.24, 2.45) is 0 Å². The van der Waals surface area contributed by atoms with Crippen LogP contribution < -0.4 is 19.5 Å². The predicted octanol–water partition coefficient (Wildman–Crippen LogP) is 3.95. The third-order valence-corrected chi connectivity index (χ3v) is 4.95. The molecule has 33 heavy (non-hydrogen) atoms. The maximum Gasteiger partial charge on any atom is 0.257 e. The minimum atomic E-state index is -0.288. The van der Waals surface area contributed by atoms with Gasteiger partial charge >= 0.3 is 0 Å². The summed E-state index contributed by atoms with van der Waals surface area (Å²) in [5, 5.41) is 2.77. The maximum absolute atomic E-state index is 12.9. The van der Waals surface area contributed by atoms with Crippen LogP contribution in [0.4, 0.5) is 5.82 Å². The first-order valence-corrected chi connectivity index (χ1v) is 10.6. The van der Waals surface area contributed by atoms with Gasteiger partial charge in [-0.25, -0.2) is 4.98 Å². The summed E-state index contributed by atoms with van der Waals surface area (Å²) in [6.07, 6.45) is 5.81. The first-order valence-electron chi connectivity index (χ1n) is 10.6. The lowest BCUT2D eigenvalue weighted by Crippen LogP contribution is -2.19. The van der Waals surface area contributed by atoms with Crippen LogP contribution in [0.3, 0.4) is 0 Å². The van der Waals surface area contributed by atoms with Gasteiger partial charge in [0.25, 0.3) is 5.91 Å². The smallest absolute Gasteiger partial charge is 0.257 e. The van der Waals surface area contributed by atoms with Crippen LogP contribution in [0, 0.1) is 0 Å². The van der Waals surface area contributed by atoms with Crippen LogP contribution in [-0.4, -0.2) is 49.9 Å². The Bertz CT molecular complexity index is 1060. The first kappa shape index (κ1) is 24.0. The summed E-state index contributed by atoms with van der Waals surface area (Å²) in [7, 11) is 4.88. The lowest BCUT2D eigenvalue weighted by molar-refractivity contribution is 0.0916. The summed E-state index contributed by atoms with van der Waals surface area (Å²) in [5.74, 6) is 2.19. The lowest BCUT2D eigenvalue weighted by Gasteiger charge is -2.16. The third kappa shape index (κ3) is 6.92. The topological polar surface area (TPSA) is 91.8 Å². The van der Waals surface area contributed by atoms with Gasteiger partial charge in [-0.3, -0.25) is 9.78 Å². The fourth-order valence-electron chi connectivity index (χ4n) is 3.39. The van der Waals surface area contributed by atoms with Crippen LogP contribution in [0.1, 0.15) is 28.4 Å². The number of rotatable bonds is 11. The molecule has 0 unspecified atom stereocenters. The van der Waals surface area contributed by atoms with Gasteiger partial charge < -0.3 is 24.3 Å². The second-order valence-corrected chi connectivity index (χ2v) is 7.47. The monoisotopic (exact) mass is 451 g/mol. The molecule has 0 aliphatic heterocycles. The largest absolute Gasteiger partial charge is 0.497 e. The van der Waals surface area contributed by atoms with E-state index >= 15 is 0 Å². The molecule has 0 radical (unpaired) electrons. The molecule has 0 aliphatic rings. The number of amides is 1. The van der Waals surface area contributed by atoms with Crippen molar-refractivity contribution in [1.82, 2.24) is 9.97 Å². The van der Waals surface area contributed by atoms with Crippen molar-refractivity contribution in [3.05, 3.63) is 71.7 Å². The summed E-state index contributed by atoms with van der Waals surface area (Å²) >= 11 is 0. The molecule has 1 amide bonds. The van der Waals surface area contributed by atoms with E-state index in [0.717, 1.165) is 29.0 Å². The Morgan fingerprint density at radius 1 is 1.00 bits per heavy atom.